The van der Waals surface area contributed by atoms with E-state index >= 15 is 0 Å². The molecule has 7 heteroatoms. The van der Waals surface area contributed by atoms with Crippen molar-refractivity contribution in [2.45, 2.75) is 6.54 Å². The van der Waals surface area contributed by atoms with Crippen LogP contribution in [0.4, 0.5) is 5.95 Å². The van der Waals surface area contributed by atoms with Crippen LogP contribution in [0.15, 0.2) is 36.7 Å². The lowest BCUT2D eigenvalue weighted by atomic mass is 10.2. The van der Waals surface area contributed by atoms with Crippen LogP contribution in [-0.2, 0) is 11.3 Å². The van der Waals surface area contributed by atoms with Crippen LogP contribution in [0.1, 0.15) is 15.9 Å². The standard InChI is InChI=1S/C17H20N4O3/c1-23-15-5-3-2-4-13(15)10-18-17-19-11-14(12-20-17)16(22)21-6-8-24-9-7-21/h2-5,11-12H,6-10H2,1H3,(H,18,19,20). The van der Waals surface area contributed by atoms with Gasteiger partial charge in [0, 0.05) is 37.6 Å². The van der Waals surface area contributed by atoms with Crippen LogP contribution in [0, 0.1) is 0 Å². The van der Waals surface area contributed by atoms with Gasteiger partial charge in [-0.05, 0) is 6.07 Å². The van der Waals surface area contributed by atoms with Crippen LogP contribution >= 0.6 is 0 Å². The molecule has 0 atom stereocenters. The summed E-state index contributed by atoms with van der Waals surface area (Å²) in [6, 6.07) is 7.75. The fourth-order valence-corrected chi connectivity index (χ4v) is 2.50. The third-order valence-corrected chi connectivity index (χ3v) is 3.83. The molecule has 0 unspecified atom stereocenters. The highest BCUT2D eigenvalue weighted by Gasteiger charge is 2.19. The first-order chi connectivity index (χ1) is 11.8. The molecule has 1 aliphatic rings. The lowest BCUT2D eigenvalue weighted by molar-refractivity contribution is 0.0302. The molecule has 0 saturated carbocycles. The van der Waals surface area contributed by atoms with Gasteiger partial charge in [0.1, 0.15) is 5.75 Å². The molecule has 24 heavy (non-hydrogen) atoms. The first kappa shape index (κ1) is 16.2. The molecule has 7 nitrogen and oxygen atoms in total. The number of ether oxygens (including phenoxy) is 2. The molecule has 3 rings (SSSR count). The van der Waals surface area contributed by atoms with Crippen LogP contribution in [0.3, 0.4) is 0 Å². The largest absolute Gasteiger partial charge is 0.496 e. The van der Waals surface area contributed by atoms with E-state index in [2.05, 4.69) is 15.3 Å². The minimum absolute atomic E-state index is 0.0606. The molecule has 1 N–H and O–H groups in total. The number of amides is 1. The molecular formula is C17H20N4O3. The molecular weight excluding hydrogens is 308 g/mol. The summed E-state index contributed by atoms with van der Waals surface area (Å²) in [6.07, 6.45) is 3.10. The van der Waals surface area contributed by atoms with Crippen molar-refractivity contribution in [2.75, 3.05) is 38.7 Å². The number of hydrogen-bond acceptors (Lipinski definition) is 6. The van der Waals surface area contributed by atoms with E-state index in [1.54, 1.807) is 24.4 Å². The highest BCUT2D eigenvalue weighted by molar-refractivity contribution is 5.93. The number of carbonyl (C=O) groups is 1. The summed E-state index contributed by atoms with van der Waals surface area (Å²) in [5, 5.41) is 3.13. The number of aromatic nitrogens is 2. The highest BCUT2D eigenvalue weighted by atomic mass is 16.5. The lowest BCUT2D eigenvalue weighted by Gasteiger charge is -2.26. The Labute approximate surface area is 140 Å². The van der Waals surface area contributed by atoms with Gasteiger partial charge in [0.25, 0.3) is 5.91 Å². The van der Waals surface area contributed by atoms with E-state index in [0.717, 1.165) is 11.3 Å². The number of para-hydroxylation sites is 1. The van der Waals surface area contributed by atoms with Gasteiger partial charge in [0.05, 0.1) is 25.9 Å². The summed E-state index contributed by atoms with van der Waals surface area (Å²) in [5.74, 6) is 1.22. The Balaban J connectivity index is 1.61. The molecule has 0 radical (unpaired) electrons. The normalized spacial score (nSPS) is 14.3. The summed E-state index contributed by atoms with van der Waals surface area (Å²) >= 11 is 0. The summed E-state index contributed by atoms with van der Waals surface area (Å²) in [5.41, 5.74) is 1.50. The average Bonchev–Trinajstić information content (AvgIpc) is 2.67. The van der Waals surface area contributed by atoms with Crippen molar-refractivity contribution in [1.82, 2.24) is 14.9 Å². The molecule has 2 aromatic rings. The van der Waals surface area contributed by atoms with E-state index < -0.39 is 0 Å². The van der Waals surface area contributed by atoms with E-state index in [4.69, 9.17) is 9.47 Å². The quantitative estimate of drug-likeness (QED) is 0.898. The number of nitrogens with one attached hydrogen (secondary N) is 1. The van der Waals surface area contributed by atoms with Gasteiger partial charge in [0.2, 0.25) is 5.95 Å². The van der Waals surface area contributed by atoms with Crippen molar-refractivity contribution < 1.29 is 14.3 Å². The van der Waals surface area contributed by atoms with Gasteiger partial charge in [0.15, 0.2) is 0 Å². The number of methoxy groups -OCH3 is 1. The molecule has 2 heterocycles. The second kappa shape index (κ2) is 7.74. The number of carbonyl (C=O) groups excluding carboxylic acids is 1. The van der Waals surface area contributed by atoms with Crippen molar-refractivity contribution in [2.24, 2.45) is 0 Å². The molecule has 0 bridgehead atoms. The van der Waals surface area contributed by atoms with Gasteiger partial charge in [-0.15, -0.1) is 0 Å². The number of hydrogen-bond donors (Lipinski definition) is 1. The van der Waals surface area contributed by atoms with Gasteiger partial charge in [-0.25, -0.2) is 9.97 Å². The van der Waals surface area contributed by atoms with Crippen molar-refractivity contribution in [3.05, 3.63) is 47.8 Å². The maximum Gasteiger partial charge on any atom is 0.257 e. The summed E-state index contributed by atoms with van der Waals surface area (Å²) in [4.78, 5) is 22.5. The third-order valence-electron chi connectivity index (χ3n) is 3.83. The maximum atomic E-state index is 12.3. The molecule has 1 aromatic carbocycles. The number of benzene rings is 1. The topological polar surface area (TPSA) is 76.6 Å². The van der Waals surface area contributed by atoms with Crippen molar-refractivity contribution in [1.29, 1.82) is 0 Å². The Kier molecular flexibility index (Phi) is 5.22. The predicted molar refractivity (Wildman–Crippen MR) is 89.1 cm³/mol. The predicted octanol–water partition coefficient (Wildman–Crippen LogP) is 1.57. The van der Waals surface area contributed by atoms with E-state index in [-0.39, 0.29) is 5.91 Å². The number of morpholine rings is 1. The molecule has 126 valence electrons. The van der Waals surface area contributed by atoms with Crippen LogP contribution in [0.25, 0.3) is 0 Å². The van der Waals surface area contributed by atoms with Crippen LogP contribution < -0.4 is 10.1 Å². The fraction of sp³-hybridized carbons (Fsp3) is 0.353. The van der Waals surface area contributed by atoms with Crippen molar-refractivity contribution >= 4 is 11.9 Å². The SMILES string of the molecule is COc1ccccc1CNc1ncc(C(=O)N2CCOCC2)cn1. The first-order valence-corrected chi connectivity index (χ1v) is 7.83. The Morgan fingerprint density at radius 1 is 1.25 bits per heavy atom. The molecule has 0 spiro atoms. The van der Waals surface area contributed by atoms with Crippen LogP contribution in [0.5, 0.6) is 5.75 Å². The highest BCUT2D eigenvalue weighted by Crippen LogP contribution is 2.18. The minimum Gasteiger partial charge on any atom is -0.496 e. The summed E-state index contributed by atoms with van der Waals surface area (Å²) < 4.78 is 10.6. The number of anilines is 1. The first-order valence-electron chi connectivity index (χ1n) is 7.83. The summed E-state index contributed by atoms with van der Waals surface area (Å²) in [7, 11) is 1.64. The number of rotatable bonds is 5. The zero-order valence-electron chi connectivity index (χ0n) is 13.6. The molecule has 1 aromatic heterocycles. The van der Waals surface area contributed by atoms with Crippen LogP contribution in [-0.4, -0.2) is 54.2 Å². The fourth-order valence-electron chi connectivity index (χ4n) is 2.50. The Morgan fingerprint density at radius 2 is 1.96 bits per heavy atom. The Bertz CT molecular complexity index is 684. The molecule has 0 aliphatic carbocycles. The minimum atomic E-state index is -0.0606. The number of nitrogens with zero attached hydrogens (tertiary/aromatic N) is 3. The van der Waals surface area contributed by atoms with E-state index in [9.17, 15) is 4.79 Å². The van der Waals surface area contributed by atoms with Crippen molar-refractivity contribution in [3.8, 4) is 5.75 Å². The molecule has 1 aliphatic heterocycles. The van der Waals surface area contributed by atoms with Gasteiger partial charge in [-0.3, -0.25) is 4.79 Å². The molecule has 1 fully saturated rings. The molecule has 1 amide bonds. The monoisotopic (exact) mass is 328 g/mol. The lowest BCUT2D eigenvalue weighted by Crippen LogP contribution is -2.40. The van der Waals surface area contributed by atoms with Gasteiger partial charge in [-0.2, -0.15) is 0 Å². The van der Waals surface area contributed by atoms with Crippen LogP contribution in [0.2, 0.25) is 0 Å². The third kappa shape index (κ3) is 3.80. The molecule has 1 saturated heterocycles. The van der Waals surface area contributed by atoms with Gasteiger partial charge < -0.3 is 19.7 Å². The zero-order chi connectivity index (χ0) is 16.8. The smallest absolute Gasteiger partial charge is 0.257 e. The zero-order valence-corrected chi connectivity index (χ0v) is 13.6. The average molecular weight is 328 g/mol. The van der Waals surface area contributed by atoms with E-state index in [1.165, 1.54) is 0 Å². The van der Waals surface area contributed by atoms with Gasteiger partial charge >= 0.3 is 0 Å². The Morgan fingerprint density at radius 3 is 2.67 bits per heavy atom. The second-order valence-electron chi connectivity index (χ2n) is 5.37. The van der Waals surface area contributed by atoms with E-state index in [0.29, 0.717) is 44.4 Å². The summed E-state index contributed by atoms with van der Waals surface area (Å²) in [6.45, 7) is 2.90. The van der Waals surface area contributed by atoms with Gasteiger partial charge in [-0.1, -0.05) is 18.2 Å². The second-order valence-corrected chi connectivity index (χ2v) is 5.37. The maximum absolute atomic E-state index is 12.3. The van der Waals surface area contributed by atoms with E-state index in [1.807, 2.05) is 24.3 Å². The Hall–Kier alpha value is -2.67. The van der Waals surface area contributed by atoms with Crippen molar-refractivity contribution in [3.63, 3.8) is 0 Å².